The molecule has 0 aliphatic heterocycles. The summed E-state index contributed by atoms with van der Waals surface area (Å²) in [6, 6.07) is 18.1. The van der Waals surface area contributed by atoms with E-state index in [1.165, 1.54) is 0 Å². The van der Waals surface area contributed by atoms with Crippen molar-refractivity contribution in [2.75, 3.05) is 0 Å². The van der Waals surface area contributed by atoms with Crippen LogP contribution in [0.2, 0.25) is 0 Å². The molecule has 0 spiro atoms. The maximum atomic E-state index is 4.25. The zero-order valence-corrected chi connectivity index (χ0v) is 41.7. The summed E-state index contributed by atoms with van der Waals surface area (Å²) in [6.45, 7) is 0. The molecular weight excluding hydrogens is 1470 g/mol. The predicted molar refractivity (Wildman–Crippen MR) is 216 cm³/mol. The van der Waals surface area contributed by atoms with Crippen molar-refractivity contribution in [3.63, 3.8) is 0 Å². The van der Waals surface area contributed by atoms with Gasteiger partial charge in [-0.15, -0.1) is 0 Å². The number of hydrogen-bond donors (Lipinski definition) is 0. The fourth-order valence-electron chi connectivity index (χ4n) is 3.57. The second-order valence-corrected chi connectivity index (χ2v) is 27.5. The maximum absolute atomic E-state index is 4.25. The molecule has 0 bridgehead atoms. The van der Waals surface area contributed by atoms with Crippen LogP contribution in [0.25, 0.3) is 0 Å². The molecule has 0 N–H and O–H groups in total. The van der Waals surface area contributed by atoms with Gasteiger partial charge in [0.05, 0.1) is 0 Å². The van der Waals surface area contributed by atoms with Crippen molar-refractivity contribution in [1.82, 2.24) is 0 Å². The van der Waals surface area contributed by atoms with Crippen molar-refractivity contribution in [3.05, 3.63) is 98.1 Å². The summed E-state index contributed by atoms with van der Waals surface area (Å²) >= 11 is 59.4. The van der Waals surface area contributed by atoms with Gasteiger partial charge in [-0.1, -0.05) is 208 Å². The first-order valence-electron chi connectivity index (χ1n) is 9.82. The Morgan fingerprint density at radius 3 is 1.29 bits per heavy atom. The lowest BCUT2D eigenvalue weighted by Gasteiger charge is -2.56. The standard InChI is InChI=1S/C23H9Br15/c24-12-9-5-4-8-11(12)19(30,22(35,36)20(31,32)10-6-2-1-3-7-10)23(37,38)21(33,34)13-14(25)16(27)18(29)17(28)15(13)26/h1-9H. The molecule has 0 radical (unpaired) electrons. The Labute approximate surface area is 347 Å². The van der Waals surface area contributed by atoms with E-state index >= 15 is 0 Å². The third-order valence-corrected chi connectivity index (χ3v) is 29.2. The zero-order valence-electron chi connectivity index (χ0n) is 17.9. The van der Waals surface area contributed by atoms with Gasteiger partial charge < -0.3 is 0 Å². The first-order chi connectivity index (χ1) is 17.3. The first kappa shape index (κ1) is 37.3. The van der Waals surface area contributed by atoms with E-state index in [0.29, 0.717) is 0 Å². The fourth-order valence-corrected chi connectivity index (χ4v) is 17.6. The van der Waals surface area contributed by atoms with Gasteiger partial charge in [-0.3, -0.25) is 0 Å². The summed E-state index contributed by atoms with van der Waals surface area (Å²) < 4.78 is 0.191. The number of hydrogen-bond acceptors (Lipinski definition) is 0. The third kappa shape index (κ3) is 6.26. The van der Waals surface area contributed by atoms with Crippen LogP contribution in [0.1, 0.15) is 16.7 Å². The second-order valence-electron chi connectivity index (χ2n) is 7.75. The Morgan fingerprint density at radius 2 is 0.816 bits per heavy atom. The molecule has 3 aromatic rings. The highest BCUT2D eigenvalue weighted by Crippen LogP contribution is 2.77. The molecule has 0 nitrogen and oxygen atoms in total. The number of halogens is 15. The van der Waals surface area contributed by atoms with Crippen molar-refractivity contribution in [2.24, 2.45) is 0 Å². The van der Waals surface area contributed by atoms with Crippen LogP contribution in [-0.2, 0) is 10.8 Å². The van der Waals surface area contributed by atoms with E-state index in [2.05, 4.69) is 245 Å². The van der Waals surface area contributed by atoms with E-state index in [4.69, 9.17) is 0 Å². The molecule has 0 saturated heterocycles. The molecule has 1 unspecified atom stereocenters. The average Bonchev–Trinajstić information content (AvgIpc) is 2.86. The minimum absolute atomic E-state index is 0.820. The minimum atomic E-state index is -1.05. The Morgan fingerprint density at radius 1 is 0.421 bits per heavy atom. The molecule has 38 heavy (non-hydrogen) atoms. The molecule has 3 rings (SSSR count). The Hall–Kier alpha value is 4.86. The van der Waals surface area contributed by atoms with E-state index in [1.54, 1.807) is 0 Å². The van der Waals surface area contributed by atoms with Crippen molar-refractivity contribution in [2.45, 2.75) is 17.3 Å². The van der Waals surface area contributed by atoms with Gasteiger partial charge in [-0.2, -0.15) is 0 Å². The lowest BCUT2D eigenvalue weighted by atomic mass is 9.86. The van der Waals surface area contributed by atoms with Gasteiger partial charge in [0, 0.05) is 32.4 Å². The minimum Gasteiger partial charge on any atom is -0.0749 e. The van der Waals surface area contributed by atoms with Crippen LogP contribution in [0.4, 0.5) is 0 Å². The molecule has 0 saturated carbocycles. The highest BCUT2D eigenvalue weighted by molar-refractivity contribution is 9.32. The number of rotatable bonds is 7. The lowest BCUT2D eigenvalue weighted by molar-refractivity contribution is 0.503. The summed E-state index contributed by atoms with van der Waals surface area (Å²) in [4.78, 5) is 0. The van der Waals surface area contributed by atoms with E-state index in [-0.39, 0.29) is 0 Å². The summed E-state index contributed by atoms with van der Waals surface area (Å²) in [5, 5.41) is 0. The van der Waals surface area contributed by atoms with Crippen molar-refractivity contribution < 1.29 is 0 Å². The largest absolute Gasteiger partial charge is 0.134 e. The Kier molecular flexibility index (Phi) is 13.7. The third-order valence-electron chi connectivity index (χ3n) is 5.56. The van der Waals surface area contributed by atoms with E-state index < -0.39 is 17.3 Å². The van der Waals surface area contributed by atoms with Gasteiger partial charge in [0.2, 0.25) is 0 Å². The van der Waals surface area contributed by atoms with Crippen molar-refractivity contribution >= 4 is 239 Å². The van der Waals surface area contributed by atoms with Crippen molar-refractivity contribution in [3.8, 4) is 0 Å². The van der Waals surface area contributed by atoms with Crippen LogP contribution in [0, 0.1) is 0 Å². The van der Waals surface area contributed by atoms with Crippen LogP contribution in [-0.4, -0.2) is 6.47 Å². The van der Waals surface area contributed by atoms with E-state index in [9.17, 15) is 0 Å². The molecule has 0 aliphatic carbocycles. The molecule has 206 valence electrons. The number of benzene rings is 3. The Balaban J connectivity index is 2.46. The molecular formula is C23H9Br15. The summed E-state index contributed by atoms with van der Waals surface area (Å²) in [7, 11) is 0. The zero-order chi connectivity index (χ0) is 29.1. The fraction of sp³-hybridized carbons (Fsp3) is 0.217. The van der Waals surface area contributed by atoms with Gasteiger partial charge in [-0.05, 0) is 96.8 Å². The van der Waals surface area contributed by atoms with Crippen LogP contribution in [0.3, 0.4) is 0 Å². The molecule has 0 amide bonds. The van der Waals surface area contributed by atoms with Crippen LogP contribution in [0.15, 0.2) is 81.4 Å². The first-order valence-corrected chi connectivity index (χ1v) is 21.7. The SMILES string of the molecule is Brc1ccccc1C(Br)(C(Br)(Br)C(Br)(Br)c1ccccc1)C(Br)(Br)C(Br)(Br)c1c(Br)c(Br)c(Br)c(Br)c1Br. The highest BCUT2D eigenvalue weighted by Gasteiger charge is 2.72. The molecule has 0 heterocycles. The van der Waals surface area contributed by atoms with E-state index in [1.807, 2.05) is 48.5 Å². The average molecular weight is 1480 g/mol. The monoisotopic (exact) mass is 1470 g/mol. The molecule has 0 aliphatic rings. The number of alkyl halides is 9. The summed E-state index contributed by atoms with van der Waals surface area (Å²) in [5.74, 6) is 0. The Bertz CT molecular complexity index is 1320. The molecule has 3 aromatic carbocycles. The van der Waals surface area contributed by atoms with Crippen LogP contribution in [0.5, 0.6) is 0 Å². The van der Waals surface area contributed by atoms with E-state index in [0.717, 1.165) is 43.5 Å². The molecule has 0 fully saturated rings. The summed E-state index contributed by atoms with van der Waals surface area (Å²) in [6.07, 6.45) is 0. The molecule has 1 atom stereocenters. The second kappa shape index (κ2) is 13.9. The van der Waals surface area contributed by atoms with Gasteiger partial charge in [0.1, 0.15) is 17.3 Å². The predicted octanol–water partition coefficient (Wildman–Crippen LogP) is 16.1. The van der Waals surface area contributed by atoms with Gasteiger partial charge in [-0.25, -0.2) is 0 Å². The van der Waals surface area contributed by atoms with Crippen LogP contribution < -0.4 is 0 Å². The lowest BCUT2D eigenvalue weighted by Crippen LogP contribution is -2.60. The van der Waals surface area contributed by atoms with Gasteiger partial charge in [0.15, 0.2) is 0 Å². The smallest absolute Gasteiger partial charge is 0.0749 e. The van der Waals surface area contributed by atoms with Crippen LogP contribution >= 0.6 is 239 Å². The topological polar surface area (TPSA) is 0 Å². The quantitative estimate of drug-likeness (QED) is 0.126. The van der Waals surface area contributed by atoms with Crippen molar-refractivity contribution in [1.29, 1.82) is 0 Å². The highest BCUT2D eigenvalue weighted by atomic mass is 79.9. The maximum Gasteiger partial charge on any atom is 0.134 e. The van der Waals surface area contributed by atoms with Gasteiger partial charge >= 0.3 is 0 Å². The normalized spacial score (nSPS) is 14.9. The molecule has 15 heteroatoms. The summed E-state index contributed by atoms with van der Waals surface area (Å²) in [5.41, 5.74) is 2.76. The molecule has 0 aromatic heterocycles. The van der Waals surface area contributed by atoms with Gasteiger partial charge in [0.25, 0.3) is 0 Å².